The smallest absolute Gasteiger partial charge is 0.256 e. The summed E-state index contributed by atoms with van der Waals surface area (Å²) in [6.45, 7) is 4.19. The number of rotatable bonds is 2. The molecule has 3 aromatic rings. The van der Waals surface area contributed by atoms with Crippen molar-refractivity contribution < 1.29 is 4.79 Å². The number of carbonyl (C=O) groups is 1. The van der Waals surface area contributed by atoms with Crippen LogP contribution in [0.15, 0.2) is 42.9 Å². The SMILES string of the molecule is Cc1cc(C(=O)N2CCNCC2c2cccnc2)c2[nH]ncc2c1. The van der Waals surface area contributed by atoms with Gasteiger partial charge in [-0.2, -0.15) is 5.10 Å². The number of piperazine rings is 1. The molecular weight excluding hydrogens is 302 g/mol. The van der Waals surface area contributed by atoms with Gasteiger partial charge in [0, 0.05) is 37.4 Å². The molecule has 1 aliphatic rings. The minimum Gasteiger partial charge on any atom is -0.329 e. The van der Waals surface area contributed by atoms with E-state index in [9.17, 15) is 4.79 Å². The minimum absolute atomic E-state index is 0.0153. The van der Waals surface area contributed by atoms with Gasteiger partial charge in [0.15, 0.2) is 0 Å². The lowest BCUT2D eigenvalue weighted by molar-refractivity contribution is 0.0635. The Labute approximate surface area is 139 Å². The molecule has 1 amide bonds. The molecule has 6 heteroatoms. The van der Waals surface area contributed by atoms with Gasteiger partial charge < -0.3 is 10.2 Å². The Morgan fingerprint density at radius 1 is 1.33 bits per heavy atom. The molecule has 1 aliphatic heterocycles. The maximum Gasteiger partial charge on any atom is 0.256 e. The first-order valence-corrected chi connectivity index (χ1v) is 8.09. The fourth-order valence-corrected chi connectivity index (χ4v) is 3.35. The van der Waals surface area contributed by atoms with E-state index in [1.165, 1.54) is 0 Å². The van der Waals surface area contributed by atoms with Crippen molar-refractivity contribution in [2.75, 3.05) is 19.6 Å². The second-order valence-electron chi connectivity index (χ2n) is 6.15. The number of aromatic amines is 1. The lowest BCUT2D eigenvalue weighted by Crippen LogP contribution is -2.48. The number of carbonyl (C=O) groups excluding carboxylic acids is 1. The van der Waals surface area contributed by atoms with Crippen LogP contribution in [0.5, 0.6) is 0 Å². The predicted molar refractivity (Wildman–Crippen MR) is 91.7 cm³/mol. The fourth-order valence-electron chi connectivity index (χ4n) is 3.35. The van der Waals surface area contributed by atoms with Crippen molar-refractivity contribution in [1.82, 2.24) is 25.4 Å². The van der Waals surface area contributed by atoms with Crippen LogP contribution in [0.4, 0.5) is 0 Å². The molecule has 0 spiro atoms. The molecule has 1 atom stereocenters. The van der Waals surface area contributed by atoms with Crippen molar-refractivity contribution in [3.63, 3.8) is 0 Å². The number of aromatic nitrogens is 3. The number of nitrogens with one attached hydrogen (secondary N) is 2. The number of benzene rings is 1. The topological polar surface area (TPSA) is 73.9 Å². The lowest BCUT2D eigenvalue weighted by atomic mass is 10.0. The molecule has 2 N–H and O–H groups in total. The van der Waals surface area contributed by atoms with E-state index in [-0.39, 0.29) is 11.9 Å². The molecule has 1 unspecified atom stereocenters. The summed E-state index contributed by atoms with van der Waals surface area (Å²) in [5.41, 5.74) is 3.58. The van der Waals surface area contributed by atoms with Gasteiger partial charge in [-0.25, -0.2) is 0 Å². The zero-order valence-electron chi connectivity index (χ0n) is 13.5. The highest BCUT2D eigenvalue weighted by atomic mass is 16.2. The Hall–Kier alpha value is -2.73. The Kier molecular flexibility index (Phi) is 3.74. The second-order valence-corrected chi connectivity index (χ2v) is 6.15. The van der Waals surface area contributed by atoms with E-state index in [1.54, 1.807) is 12.4 Å². The van der Waals surface area contributed by atoms with Gasteiger partial charge in [0.2, 0.25) is 0 Å². The predicted octanol–water partition coefficient (Wildman–Crippen LogP) is 2.05. The van der Waals surface area contributed by atoms with E-state index in [2.05, 4.69) is 20.5 Å². The summed E-state index contributed by atoms with van der Waals surface area (Å²) in [6, 6.07) is 7.88. The van der Waals surface area contributed by atoms with Gasteiger partial charge in [0.05, 0.1) is 23.3 Å². The van der Waals surface area contributed by atoms with Crippen LogP contribution in [0.1, 0.15) is 27.5 Å². The molecule has 24 heavy (non-hydrogen) atoms. The molecule has 1 saturated heterocycles. The number of hydrogen-bond donors (Lipinski definition) is 2. The van der Waals surface area contributed by atoms with Crippen LogP contribution < -0.4 is 5.32 Å². The summed E-state index contributed by atoms with van der Waals surface area (Å²) in [5.74, 6) is 0.0308. The number of H-pyrrole nitrogens is 1. The molecule has 0 radical (unpaired) electrons. The molecule has 4 rings (SSSR count). The molecular formula is C18H19N5O. The zero-order valence-corrected chi connectivity index (χ0v) is 13.5. The van der Waals surface area contributed by atoms with E-state index in [0.29, 0.717) is 12.1 Å². The first kappa shape index (κ1) is 14.8. The Morgan fingerprint density at radius 2 is 2.25 bits per heavy atom. The van der Waals surface area contributed by atoms with Gasteiger partial charge in [-0.15, -0.1) is 0 Å². The van der Waals surface area contributed by atoms with Gasteiger partial charge in [0.25, 0.3) is 5.91 Å². The van der Waals surface area contributed by atoms with Crippen molar-refractivity contribution in [3.8, 4) is 0 Å². The first-order valence-electron chi connectivity index (χ1n) is 8.09. The average molecular weight is 321 g/mol. The highest BCUT2D eigenvalue weighted by Gasteiger charge is 2.30. The zero-order chi connectivity index (χ0) is 16.5. The van der Waals surface area contributed by atoms with Gasteiger partial charge in [0.1, 0.15) is 0 Å². The Bertz CT molecular complexity index is 874. The summed E-state index contributed by atoms with van der Waals surface area (Å²) in [4.78, 5) is 19.4. The summed E-state index contributed by atoms with van der Waals surface area (Å²) in [5, 5.41) is 11.4. The van der Waals surface area contributed by atoms with E-state index in [4.69, 9.17) is 0 Å². The third kappa shape index (κ3) is 2.55. The standard InChI is InChI=1S/C18H19N5O/c1-12-7-14-10-21-22-17(14)15(8-12)18(24)23-6-5-20-11-16(23)13-3-2-4-19-9-13/h2-4,7-10,16,20H,5-6,11H2,1H3,(H,21,22). The maximum atomic E-state index is 13.3. The number of hydrogen-bond acceptors (Lipinski definition) is 4. The van der Waals surface area contributed by atoms with E-state index in [0.717, 1.165) is 35.1 Å². The third-order valence-electron chi connectivity index (χ3n) is 4.50. The van der Waals surface area contributed by atoms with Crippen molar-refractivity contribution in [1.29, 1.82) is 0 Å². The Balaban J connectivity index is 1.75. The van der Waals surface area contributed by atoms with Gasteiger partial charge in [-0.1, -0.05) is 6.07 Å². The first-order chi connectivity index (χ1) is 11.7. The largest absolute Gasteiger partial charge is 0.329 e. The van der Waals surface area contributed by atoms with Crippen molar-refractivity contribution in [2.45, 2.75) is 13.0 Å². The van der Waals surface area contributed by atoms with Crippen LogP contribution >= 0.6 is 0 Å². The van der Waals surface area contributed by atoms with Crippen LogP contribution in [-0.4, -0.2) is 45.6 Å². The molecule has 122 valence electrons. The van der Waals surface area contributed by atoms with E-state index in [1.807, 2.05) is 42.3 Å². The quantitative estimate of drug-likeness (QED) is 0.757. The normalized spacial score (nSPS) is 18.0. The molecule has 3 heterocycles. The number of nitrogens with zero attached hydrogens (tertiary/aromatic N) is 3. The maximum absolute atomic E-state index is 13.3. The molecule has 0 aliphatic carbocycles. The molecule has 0 saturated carbocycles. The van der Waals surface area contributed by atoms with E-state index < -0.39 is 0 Å². The molecule has 2 aromatic heterocycles. The number of pyridine rings is 1. The second kappa shape index (κ2) is 6.05. The molecule has 1 aromatic carbocycles. The minimum atomic E-state index is -0.0153. The van der Waals surface area contributed by atoms with Crippen molar-refractivity contribution in [3.05, 3.63) is 59.5 Å². The molecule has 6 nitrogen and oxygen atoms in total. The number of fused-ring (bicyclic) bond motifs is 1. The summed E-state index contributed by atoms with van der Waals surface area (Å²) < 4.78 is 0. The van der Waals surface area contributed by atoms with E-state index >= 15 is 0 Å². The van der Waals surface area contributed by atoms with Crippen LogP contribution in [0, 0.1) is 6.92 Å². The monoisotopic (exact) mass is 321 g/mol. The van der Waals surface area contributed by atoms with Crippen LogP contribution in [0.2, 0.25) is 0 Å². The summed E-state index contributed by atoms with van der Waals surface area (Å²) in [7, 11) is 0. The van der Waals surface area contributed by atoms with Gasteiger partial charge in [-0.3, -0.25) is 14.9 Å². The highest BCUT2D eigenvalue weighted by molar-refractivity contribution is 6.06. The average Bonchev–Trinajstić information content (AvgIpc) is 3.09. The Morgan fingerprint density at radius 3 is 3.08 bits per heavy atom. The summed E-state index contributed by atoms with van der Waals surface area (Å²) in [6.07, 6.45) is 5.34. The lowest BCUT2D eigenvalue weighted by Gasteiger charge is -2.36. The summed E-state index contributed by atoms with van der Waals surface area (Å²) >= 11 is 0. The van der Waals surface area contributed by atoms with Crippen LogP contribution in [-0.2, 0) is 0 Å². The fraction of sp³-hybridized carbons (Fsp3) is 0.278. The number of aryl methyl sites for hydroxylation is 1. The highest BCUT2D eigenvalue weighted by Crippen LogP contribution is 2.26. The van der Waals surface area contributed by atoms with Gasteiger partial charge >= 0.3 is 0 Å². The van der Waals surface area contributed by atoms with Crippen molar-refractivity contribution >= 4 is 16.8 Å². The third-order valence-corrected chi connectivity index (χ3v) is 4.50. The van der Waals surface area contributed by atoms with Crippen LogP contribution in [0.25, 0.3) is 10.9 Å². The van der Waals surface area contributed by atoms with Gasteiger partial charge in [-0.05, 0) is 36.2 Å². The van der Waals surface area contributed by atoms with Crippen molar-refractivity contribution in [2.24, 2.45) is 0 Å². The molecule has 1 fully saturated rings. The number of amides is 1. The molecule has 0 bridgehead atoms. The van der Waals surface area contributed by atoms with Crippen LogP contribution in [0.3, 0.4) is 0 Å².